The highest BCUT2D eigenvalue weighted by Gasteiger charge is 2.19. The van der Waals surface area contributed by atoms with Crippen LogP contribution in [0.4, 0.5) is 0 Å². The van der Waals surface area contributed by atoms with Crippen LogP contribution in [0.25, 0.3) is 0 Å². The van der Waals surface area contributed by atoms with E-state index in [0.717, 1.165) is 25.8 Å². The number of unbranched alkanes of at least 4 members (excludes halogenated alkanes) is 1. The lowest BCUT2D eigenvalue weighted by Gasteiger charge is -2.14. The SMILES string of the molecule is CCCCS(=O)(=O)C(C)CNCCC(C)C. The Kier molecular flexibility index (Phi) is 8.02. The maximum atomic E-state index is 11.8. The van der Waals surface area contributed by atoms with Crippen molar-refractivity contribution in [3.05, 3.63) is 0 Å². The molecule has 3 nitrogen and oxygen atoms in total. The second kappa shape index (κ2) is 8.07. The lowest BCUT2D eigenvalue weighted by atomic mass is 10.1. The first-order valence-corrected chi connectivity index (χ1v) is 8.04. The van der Waals surface area contributed by atoms with E-state index in [4.69, 9.17) is 0 Å². The van der Waals surface area contributed by atoms with E-state index in [1.54, 1.807) is 6.92 Å². The Labute approximate surface area is 101 Å². The minimum absolute atomic E-state index is 0.258. The first-order chi connectivity index (χ1) is 7.40. The van der Waals surface area contributed by atoms with E-state index in [2.05, 4.69) is 19.2 Å². The molecule has 0 fully saturated rings. The quantitative estimate of drug-likeness (QED) is 0.637. The summed E-state index contributed by atoms with van der Waals surface area (Å²) in [7, 11) is -2.89. The van der Waals surface area contributed by atoms with E-state index in [1.807, 2.05) is 6.92 Å². The van der Waals surface area contributed by atoms with E-state index < -0.39 is 9.84 Å². The summed E-state index contributed by atoms with van der Waals surface area (Å²) in [4.78, 5) is 0. The fraction of sp³-hybridized carbons (Fsp3) is 1.00. The molecule has 0 aliphatic heterocycles. The summed E-state index contributed by atoms with van der Waals surface area (Å²) in [5, 5.41) is 2.96. The molecule has 1 N–H and O–H groups in total. The molecule has 0 heterocycles. The first kappa shape index (κ1) is 15.9. The van der Waals surface area contributed by atoms with Gasteiger partial charge in [0.05, 0.1) is 11.0 Å². The number of nitrogens with one attached hydrogen (secondary N) is 1. The van der Waals surface area contributed by atoms with E-state index in [0.29, 0.717) is 18.2 Å². The molecule has 4 heteroatoms. The average Bonchev–Trinajstić information content (AvgIpc) is 2.20. The average molecular weight is 249 g/mol. The highest BCUT2D eigenvalue weighted by molar-refractivity contribution is 7.92. The second-order valence-electron chi connectivity index (χ2n) is 4.92. The smallest absolute Gasteiger partial charge is 0.154 e. The van der Waals surface area contributed by atoms with Gasteiger partial charge >= 0.3 is 0 Å². The first-order valence-electron chi connectivity index (χ1n) is 6.32. The molecule has 0 bridgehead atoms. The van der Waals surface area contributed by atoms with Crippen molar-refractivity contribution < 1.29 is 8.42 Å². The molecule has 0 saturated heterocycles. The fourth-order valence-corrected chi connectivity index (χ4v) is 2.83. The molecule has 0 aliphatic rings. The van der Waals surface area contributed by atoms with Crippen molar-refractivity contribution in [3.63, 3.8) is 0 Å². The van der Waals surface area contributed by atoms with Crippen molar-refractivity contribution >= 4 is 9.84 Å². The molecule has 0 aromatic heterocycles. The Bertz CT molecular complexity index is 260. The van der Waals surface area contributed by atoms with Crippen LogP contribution in [-0.4, -0.2) is 32.5 Å². The number of sulfone groups is 1. The molecule has 0 saturated carbocycles. The zero-order valence-electron chi connectivity index (χ0n) is 11.1. The standard InChI is InChI=1S/C12H27NO2S/c1-5-6-9-16(14,15)12(4)10-13-8-7-11(2)3/h11-13H,5-10H2,1-4H3. The normalized spacial score (nSPS) is 14.3. The highest BCUT2D eigenvalue weighted by Crippen LogP contribution is 2.05. The van der Waals surface area contributed by atoms with Gasteiger partial charge in [0.15, 0.2) is 9.84 Å². The van der Waals surface area contributed by atoms with Crippen LogP contribution < -0.4 is 5.32 Å². The molecule has 0 amide bonds. The molecule has 1 atom stereocenters. The molecular weight excluding hydrogens is 222 g/mol. The van der Waals surface area contributed by atoms with Crippen LogP contribution >= 0.6 is 0 Å². The van der Waals surface area contributed by atoms with E-state index >= 15 is 0 Å². The van der Waals surface area contributed by atoms with Crippen LogP contribution in [0.3, 0.4) is 0 Å². The third kappa shape index (κ3) is 7.23. The zero-order chi connectivity index (χ0) is 12.6. The van der Waals surface area contributed by atoms with Gasteiger partial charge in [0.1, 0.15) is 0 Å². The Morgan fingerprint density at radius 2 is 1.81 bits per heavy atom. The minimum Gasteiger partial charge on any atom is -0.315 e. The van der Waals surface area contributed by atoms with E-state index in [9.17, 15) is 8.42 Å². The summed E-state index contributed by atoms with van der Waals surface area (Å²) in [6.07, 6.45) is 2.81. The summed E-state index contributed by atoms with van der Waals surface area (Å²) in [6.45, 7) is 9.64. The highest BCUT2D eigenvalue weighted by atomic mass is 32.2. The third-order valence-corrected chi connectivity index (χ3v) is 4.98. The van der Waals surface area contributed by atoms with Crippen LogP contribution in [0.1, 0.15) is 47.0 Å². The molecular formula is C12H27NO2S. The number of hydrogen-bond donors (Lipinski definition) is 1. The second-order valence-corrected chi connectivity index (χ2v) is 7.46. The lowest BCUT2D eigenvalue weighted by Crippen LogP contribution is -2.33. The predicted molar refractivity (Wildman–Crippen MR) is 70.5 cm³/mol. The molecule has 0 spiro atoms. The molecule has 98 valence electrons. The molecule has 0 rings (SSSR count). The van der Waals surface area contributed by atoms with Gasteiger partial charge in [-0.05, 0) is 32.2 Å². The van der Waals surface area contributed by atoms with Gasteiger partial charge in [0.25, 0.3) is 0 Å². The van der Waals surface area contributed by atoms with Gasteiger partial charge in [-0.1, -0.05) is 27.2 Å². The van der Waals surface area contributed by atoms with Gasteiger partial charge in [0, 0.05) is 6.54 Å². The summed E-state index contributed by atoms with van der Waals surface area (Å²) in [6, 6.07) is 0. The Balaban J connectivity index is 3.82. The molecule has 0 aromatic carbocycles. The van der Waals surface area contributed by atoms with Gasteiger partial charge in [-0.15, -0.1) is 0 Å². The largest absolute Gasteiger partial charge is 0.315 e. The van der Waals surface area contributed by atoms with Gasteiger partial charge in [0.2, 0.25) is 0 Å². The van der Waals surface area contributed by atoms with Crippen molar-refractivity contribution in [2.45, 2.75) is 52.2 Å². The molecule has 1 unspecified atom stereocenters. The molecule has 0 aromatic rings. The van der Waals surface area contributed by atoms with E-state index in [-0.39, 0.29) is 5.25 Å². The summed E-state index contributed by atoms with van der Waals surface area (Å²) < 4.78 is 23.6. The summed E-state index contributed by atoms with van der Waals surface area (Å²) in [5.74, 6) is 0.996. The molecule has 16 heavy (non-hydrogen) atoms. The maximum Gasteiger partial charge on any atom is 0.154 e. The van der Waals surface area contributed by atoms with Crippen LogP contribution in [0.2, 0.25) is 0 Å². The summed E-state index contributed by atoms with van der Waals surface area (Å²) in [5.41, 5.74) is 0. The van der Waals surface area contributed by atoms with E-state index in [1.165, 1.54) is 0 Å². The van der Waals surface area contributed by atoms with Crippen molar-refractivity contribution in [1.29, 1.82) is 0 Å². The molecule has 0 radical (unpaired) electrons. The molecule has 0 aliphatic carbocycles. The number of hydrogen-bond acceptors (Lipinski definition) is 3. The van der Waals surface area contributed by atoms with Crippen LogP contribution in [-0.2, 0) is 9.84 Å². The van der Waals surface area contributed by atoms with Crippen LogP contribution in [0.15, 0.2) is 0 Å². The monoisotopic (exact) mass is 249 g/mol. The Morgan fingerprint density at radius 3 is 2.31 bits per heavy atom. The minimum atomic E-state index is -2.89. The van der Waals surface area contributed by atoms with Crippen molar-refractivity contribution in [1.82, 2.24) is 5.32 Å². The fourth-order valence-electron chi connectivity index (χ4n) is 1.37. The van der Waals surface area contributed by atoms with Crippen molar-refractivity contribution in [2.24, 2.45) is 5.92 Å². The zero-order valence-corrected chi connectivity index (χ0v) is 11.9. The number of rotatable bonds is 9. The van der Waals surface area contributed by atoms with Gasteiger partial charge in [-0.25, -0.2) is 8.42 Å². The third-order valence-electron chi connectivity index (χ3n) is 2.73. The van der Waals surface area contributed by atoms with Gasteiger partial charge in [-0.2, -0.15) is 0 Å². The van der Waals surface area contributed by atoms with Crippen LogP contribution in [0, 0.1) is 5.92 Å². The van der Waals surface area contributed by atoms with Gasteiger partial charge < -0.3 is 5.32 Å². The Morgan fingerprint density at radius 1 is 1.19 bits per heavy atom. The van der Waals surface area contributed by atoms with Crippen LogP contribution in [0.5, 0.6) is 0 Å². The lowest BCUT2D eigenvalue weighted by molar-refractivity contribution is 0.528. The van der Waals surface area contributed by atoms with Crippen molar-refractivity contribution in [3.8, 4) is 0 Å². The maximum absolute atomic E-state index is 11.8. The predicted octanol–water partition coefficient (Wildman–Crippen LogP) is 2.23. The van der Waals surface area contributed by atoms with Crippen molar-refractivity contribution in [2.75, 3.05) is 18.8 Å². The van der Waals surface area contributed by atoms with Gasteiger partial charge in [-0.3, -0.25) is 0 Å². The topological polar surface area (TPSA) is 46.2 Å². The Hall–Kier alpha value is -0.0900. The summed E-state index contributed by atoms with van der Waals surface area (Å²) >= 11 is 0.